The molecule has 0 radical (unpaired) electrons. The van der Waals surface area contributed by atoms with Gasteiger partial charge in [-0.25, -0.2) is 0 Å². The van der Waals surface area contributed by atoms with Crippen LogP contribution in [0, 0.1) is 0 Å². The summed E-state index contributed by atoms with van der Waals surface area (Å²) in [7, 11) is 0. The number of hydrogen-bond donors (Lipinski definition) is 3. The monoisotopic (exact) mass is 422 g/mol. The minimum Gasteiger partial charge on any atom is -0.388 e. The number of nitrogens with one attached hydrogen (secondary N) is 1. The molecule has 3 atom stereocenters. The second kappa shape index (κ2) is 8.14. The number of benzene rings is 1. The Morgan fingerprint density at radius 1 is 1.27 bits per heavy atom. The van der Waals surface area contributed by atoms with Gasteiger partial charge in [-0.3, -0.25) is 4.79 Å². The third-order valence-electron chi connectivity index (χ3n) is 6.65. The Bertz CT molecular complexity index is 1140. The van der Waals surface area contributed by atoms with Crippen LogP contribution in [0.5, 0.6) is 0 Å². The van der Waals surface area contributed by atoms with Gasteiger partial charge in [-0.05, 0) is 72.0 Å². The topological polar surface area (TPSA) is 79.1 Å². The maximum Gasteiger partial charge on any atom is 0.266 e. The van der Waals surface area contributed by atoms with Gasteiger partial charge in [0.15, 0.2) is 0 Å². The summed E-state index contributed by atoms with van der Waals surface area (Å²) in [5.41, 5.74) is 10.3. The maximum atomic E-state index is 12.8. The number of aromatic amines is 1. The number of nitrogens with two attached hydrogens (primary N) is 1. The second-order valence-electron chi connectivity index (χ2n) is 8.57. The Kier molecular flexibility index (Phi) is 5.71. The van der Waals surface area contributed by atoms with E-state index in [1.165, 1.54) is 16.9 Å². The van der Waals surface area contributed by atoms with Gasteiger partial charge in [-0.15, -0.1) is 11.3 Å². The van der Waals surface area contributed by atoms with E-state index in [4.69, 9.17) is 5.73 Å². The Labute approximate surface area is 181 Å². The maximum absolute atomic E-state index is 12.8. The summed E-state index contributed by atoms with van der Waals surface area (Å²) in [5, 5.41) is 14.3. The molecule has 0 amide bonds. The fourth-order valence-corrected chi connectivity index (χ4v) is 5.40. The van der Waals surface area contributed by atoms with Crippen molar-refractivity contribution >= 4 is 27.0 Å². The Hall–Kier alpha value is -2.21. The number of aliphatic hydroxyl groups is 1. The summed E-state index contributed by atoms with van der Waals surface area (Å²) in [4.78, 5) is 15.9. The Morgan fingerprint density at radius 2 is 2.00 bits per heavy atom. The van der Waals surface area contributed by atoms with Crippen molar-refractivity contribution < 1.29 is 5.11 Å². The lowest BCUT2D eigenvalue weighted by Gasteiger charge is -2.40. The first-order valence-corrected chi connectivity index (χ1v) is 11.6. The number of unbranched alkanes of at least 4 members (excludes halogenated alkanes) is 1. The molecule has 2 aromatic heterocycles. The van der Waals surface area contributed by atoms with E-state index >= 15 is 0 Å². The van der Waals surface area contributed by atoms with Crippen LogP contribution in [0.1, 0.15) is 68.3 Å². The van der Waals surface area contributed by atoms with Gasteiger partial charge in [0, 0.05) is 16.5 Å². The number of allylic oxidation sites excluding steroid dienone is 1. The molecular weight excluding hydrogens is 392 g/mol. The van der Waals surface area contributed by atoms with Crippen LogP contribution in [0.3, 0.4) is 0 Å². The van der Waals surface area contributed by atoms with Crippen molar-refractivity contribution in [2.24, 2.45) is 5.73 Å². The molecule has 0 spiro atoms. The average molecular weight is 423 g/mol. The van der Waals surface area contributed by atoms with Gasteiger partial charge in [-0.1, -0.05) is 44.5 Å². The van der Waals surface area contributed by atoms with Crippen LogP contribution < -0.4 is 11.3 Å². The predicted octanol–water partition coefficient (Wildman–Crippen LogP) is 4.91. The minimum atomic E-state index is -0.677. The Balaban J connectivity index is 1.95. The quantitative estimate of drug-likeness (QED) is 0.528. The molecule has 5 heteroatoms. The van der Waals surface area contributed by atoms with Crippen molar-refractivity contribution in [1.29, 1.82) is 0 Å². The molecule has 4 N–H and O–H groups in total. The third-order valence-corrected chi connectivity index (χ3v) is 7.57. The van der Waals surface area contributed by atoms with E-state index in [0.29, 0.717) is 6.54 Å². The normalized spacial score (nSPS) is 22.0. The molecule has 1 aliphatic rings. The lowest BCUT2D eigenvalue weighted by Crippen LogP contribution is -2.41. The molecular formula is C25H30N2O2S. The van der Waals surface area contributed by atoms with Crippen LogP contribution in [0.2, 0.25) is 0 Å². The SMILES string of the molecule is CCCCC1=CC(O)C(C)(c2ccc([C@@H](C)CN)cc2)c2c1[nH]c(=O)c1sccc21. The van der Waals surface area contributed by atoms with Gasteiger partial charge in [0.1, 0.15) is 0 Å². The zero-order valence-electron chi connectivity index (χ0n) is 17.9. The molecule has 0 bridgehead atoms. The number of H-pyrrole nitrogens is 1. The molecule has 3 aromatic rings. The van der Waals surface area contributed by atoms with Crippen molar-refractivity contribution in [3.05, 3.63) is 74.5 Å². The highest BCUT2D eigenvalue weighted by atomic mass is 32.1. The zero-order valence-corrected chi connectivity index (χ0v) is 18.7. The van der Waals surface area contributed by atoms with Crippen molar-refractivity contribution in [2.75, 3.05) is 6.54 Å². The number of pyridine rings is 1. The largest absolute Gasteiger partial charge is 0.388 e. The van der Waals surface area contributed by atoms with Crippen LogP contribution in [-0.2, 0) is 5.41 Å². The molecule has 1 aromatic carbocycles. The van der Waals surface area contributed by atoms with Crippen LogP contribution in [0.15, 0.2) is 46.6 Å². The van der Waals surface area contributed by atoms with Crippen LogP contribution >= 0.6 is 11.3 Å². The molecule has 2 heterocycles. The smallest absolute Gasteiger partial charge is 0.266 e. The molecule has 158 valence electrons. The number of fused-ring (bicyclic) bond motifs is 3. The molecule has 1 aliphatic carbocycles. The van der Waals surface area contributed by atoms with E-state index in [2.05, 4.69) is 50.0 Å². The van der Waals surface area contributed by atoms with Gasteiger partial charge in [0.25, 0.3) is 5.56 Å². The second-order valence-corrected chi connectivity index (χ2v) is 9.49. The standard InChI is InChI=1S/C25H30N2O2S/c1-4-5-6-17-13-20(28)25(3,18-9-7-16(8-10-18)15(2)14-26)21-19-11-12-30-23(19)24(29)27-22(17)21/h7-13,15,20,28H,4-6,14,26H2,1-3H3,(H,27,29)/t15-,20?,25?/m0/s1. The minimum absolute atomic E-state index is 0.0491. The first-order chi connectivity index (χ1) is 14.4. The van der Waals surface area contributed by atoms with Crippen molar-refractivity contribution in [2.45, 2.75) is 57.5 Å². The highest BCUT2D eigenvalue weighted by Gasteiger charge is 2.43. The van der Waals surface area contributed by atoms with Crippen molar-refractivity contribution in [3.8, 4) is 0 Å². The summed E-state index contributed by atoms with van der Waals surface area (Å²) >= 11 is 1.45. The molecule has 4 rings (SSSR count). The highest BCUT2D eigenvalue weighted by Crippen LogP contribution is 2.47. The summed E-state index contributed by atoms with van der Waals surface area (Å²) in [5.74, 6) is 0.288. The van der Waals surface area contributed by atoms with Crippen molar-refractivity contribution in [3.63, 3.8) is 0 Å². The van der Waals surface area contributed by atoms with Crippen LogP contribution in [-0.4, -0.2) is 22.7 Å². The van der Waals surface area contributed by atoms with E-state index < -0.39 is 11.5 Å². The molecule has 0 fully saturated rings. The lowest BCUT2D eigenvalue weighted by atomic mass is 9.66. The summed E-state index contributed by atoms with van der Waals surface area (Å²) in [6.07, 6.45) is 4.19. The van der Waals surface area contributed by atoms with E-state index in [1.54, 1.807) is 0 Å². The number of hydrogen-bond acceptors (Lipinski definition) is 4. The molecule has 0 saturated carbocycles. The number of aromatic nitrogens is 1. The van der Waals surface area contributed by atoms with Gasteiger partial charge in [0.2, 0.25) is 0 Å². The van der Waals surface area contributed by atoms with E-state index in [1.807, 2.05) is 17.5 Å². The van der Waals surface area contributed by atoms with Gasteiger partial charge < -0.3 is 15.8 Å². The summed E-state index contributed by atoms with van der Waals surface area (Å²) in [6.45, 7) is 6.95. The fraction of sp³-hybridized carbons (Fsp3) is 0.400. The summed E-state index contributed by atoms with van der Waals surface area (Å²) in [6, 6.07) is 10.4. The lowest BCUT2D eigenvalue weighted by molar-refractivity contribution is 0.155. The van der Waals surface area contributed by atoms with Crippen molar-refractivity contribution in [1.82, 2.24) is 4.98 Å². The molecule has 0 aliphatic heterocycles. The first-order valence-electron chi connectivity index (χ1n) is 10.7. The van der Waals surface area contributed by atoms with E-state index in [0.717, 1.165) is 51.7 Å². The van der Waals surface area contributed by atoms with Crippen LogP contribution in [0.4, 0.5) is 0 Å². The van der Waals surface area contributed by atoms with Gasteiger partial charge in [-0.2, -0.15) is 0 Å². The highest BCUT2D eigenvalue weighted by molar-refractivity contribution is 7.17. The fourth-order valence-electron chi connectivity index (χ4n) is 4.60. The Morgan fingerprint density at radius 3 is 2.67 bits per heavy atom. The van der Waals surface area contributed by atoms with E-state index in [9.17, 15) is 9.90 Å². The number of aliphatic hydroxyl groups excluding tert-OH is 1. The van der Waals surface area contributed by atoms with Gasteiger partial charge >= 0.3 is 0 Å². The van der Waals surface area contributed by atoms with E-state index in [-0.39, 0.29) is 11.5 Å². The molecule has 4 nitrogen and oxygen atoms in total. The number of thiophene rings is 1. The zero-order chi connectivity index (χ0) is 21.5. The molecule has 30 heavy (non-hydrogen) atoms. The first kappa shape index (κ1) is 21.0. The van der Waals surface area contributed by atoms with Crippen LogP contribution in [0.25, 0.3) is 15.7 Å². The number of rotatable bonds is 6. The molecule has 0 saturated heterocycles. The predicted molar refractivity (Wildman–Crippen MR) is 126 cm³/mol. The molecule has 2 unspecified atom stereocenters. The average Bonchev–Trinajstić information content (AvgIpc) is 3.25. The third kappa shape index (κ3) is 3.25. The van der Waals surface area contributed by atoms with Gasteiger partial charge in [0.05, 0.1) is 10.8 Å². The summed E-state index contributed by atoms with van der Waals surface area (Å²) < 4.78 is 0.720.